The van der Waals surface area contributed by atoms with Gasteiger partial charge in [0.05, 0.1) is 11.1 Å². The van der Waals surface area contributed by atoms with Gasteiger partial charge in [-0.05, 0) is 55.8 Å². The van der Waals surface area contributed by atoms with Crippen LogP contribution in [0.1, 0.15) is 22.4 Å². The second-order valence-electron chi connectivity index (χ2n) is 9.97. The summed E-state index contributed by atoms with van der Waals surface area (Å²) in [5.41, 5.74) is 5.17. The molecule has 0 spiro atoms. The highest BCUT2D eigenvalue weighted by Crippen LogP contribution is 2.39. The van der Waals surface area contributed by atoms with E-state index in [9.17, 15) is 5.11 Å². The molecule has 1 fully saturated rings. The summed E-state index contributed by atoms with van der Waals surface area (Å²) in [5, 5.41) is 12.3. The Kier molecular flexibility index (Phi) is 7.06. The van der Waals surface area contributed by atoms with E-state index in [1.807, 2.05) is 25.1 Å². The number of piperazine rings is 1. The molecule has 186 valence electrons. The first kappa shape index (κ1) is 24.4. The standard InChI is InChI=1S/C31H35N3O2/c1-23-19-24(2)32-28-15-10-16-29(30(23)28)36-21-27(35)20-34-18-17-33(3)22-31(34,25-11-6-4-7-12-25)26-13-8-5-9-14-26/h4-16,19,27,35H,17-18,20-22H2,1-3H3. The van der Waals surface area contributed by atoms with Gasteiger partial charge in [0.1, 0.15) is 18.5 Å². The Morgan fingerprint density at radius 1 is 0.917 bits per heavy atom. The molecule has 5 heteroatoms. The van der Waals surface area contributed by atoms with Crippen molar-refractivity contribution in [3.63, 3.8) is 0 Å². The zero-order valence-electron chi connectivity index (χ0n) is 21.4. The number of hydrogen-bond donors (Lipinski definition) is 1. The van der Waals surface area contributed by atoms with Crippen LogP contribution < -0.4 is 4.74 Å². The van der Waals surface area contributed by atoms with E-state index in [0.717, 1.165) is 47.5 Å². The Hall–Kier alpha value is -3.25. The Morgan fingerprint density at radius 3 is 2.25 bits per heavy atom. The van der Waals surface area contributed by atoms with Gasteiger partial charge in [0.15, 0.2) is 0 Å². The molecule has 1 unspecified atom stereocenters. The van der Waals surface area contributed by atoms with Gasteiger partial charge in [-0.15, -0.1) is 0 Å². The number of likely N-dealkylation sites (N-methyl/N-ethyl adjacent to an activating group) is 1. The molecular weight excluding hydrogens is 446 g/mol. The number of aliphatic hydroxyl groups is 1. The molecular formula is C31H35N3O2. The van der Waals surface area contributed by atoms with Crippen LogP contribution in [0.5, 0.6) is 5.75 Å². The van der Waals surface area contributed by atoms with Crippen molar-refractivity contribution >= 4 is 10.9 Å². The van der Waals surface area contributed by atoms with Gasteiger partial charge in [0, 0.05) is 37.3 Å². The van der Waals surface area contributed by atoms with Gasteiger partial charge in [-0.25, -0.2) is 0 Å². The topological polar surface area (TPSA) is 48.8 Å². The van der Waals surface area contributed by atoms with Crippen LogP contribution in [-0.2, 0) is 5.54 Å². The number of ether oxygens (including phenoxy) is 1. The first-order chi connectivity index (χ1) is 17.5. The van der Waals surface area contributed by atoms with Crippen molar-refractivity contribution in [2.45, 2.75) is 25.5 Å². The maximum absolute atomic E-state index is 11.2. The summed E-state index contributed by atoms with van der Waals surface area (Å²) >= 11 is 0. The first-order valence-corrected chi connectivity index (χ1v) is 12.7. The zero-order valence-corrected chi connectivity index (χ0v) is 21.4. The molecule has 3 aromatic carbocycles. The summed E-state index contributed by atoms with van der Waals surface area (Å²) in [6.07, 6.45) is -0.644. The smallest absolute Gasteiger partial charge is 0.129 e. The highest BCUT2D eigenvalue weighted by Gasteiger charge is 2.44. The van der Waals surface area contributed by atoms with Crippen LogP contribution in [0.15, 0.2) is 84.9 Å². The maximum Gasteiger partial charge on any atom is 0.129 e. The lowest BCUT2D eigenvalue weighted by Gasteiger charge is -2.51. The molecule has 5 rings (SSSR count). The molecule has 4 aromatic rings. The third-order valence-electron chi connectivity index (χ3n) is 7.28. The van der Waals surface area contributed by atoms with E-state index in [1.165, 1.54) is 11.1 Å². The summed E-state index contributed by atoms with van der Waals surface area (Å²) < 4.78 is 6.22. The lowest BCUT2D eigenvalue weighted by Crippen LogP contribution is -2.61. The summed E-state index contributed by atoms with van der Waals surface area (Å²) in [7, 11) is 2.18. The quantitative estimate of drug-likeness (QED) is 0.412. The number of aryl methyl sites for hydroxylation is 2. The van der Waals surface area contributed by atoms with Gasteiger partial charge in [0.2, 0.25) is 0 Å². The molecule has 1 saturated heterocycles. The number of aliphatic hydroxyl groups excluding tert-OH is 1. The fourth-order valence-corrected chi connectivity index (χ4v) is 5.67. The third kappa shape index (κ3) is 4.74. The molecule has 0 radical (unpaired) electrons. The number of fused-ring (bicyclic) bond motifs is 1. The Morgan fingerprint density at radius 2 is 1.58 bits per heavy atom. The minimum atomic E-state index is -0.644. The van der Waals surface area contributed by atoms with Crippen molar-refractivity contribution in [1.29, 1.82) is 0 Å². The van der Waals surface area contributed by atoms with Gasteiger partial charge < -0.3 is 14.7 Å². The van der Waals surface area contributed by atoms with Gasteiger partial charge in [-0.2, -0.15) is 0 Å². The van der Waals surface area contributed by atoms with Crippen molar-refractivity contribution in [1.82, 2.24) is 14.8 Å². The molecule has 0 saturated carbocycles. The predicted molar refractivity (Wildman–Crippen MR) is 145 cm³/mol. The molecule has 36 heavy (non-hydrogen) atoms. The number of rotatable bonds is 7. The van der Waals surface area contributed by atoms with E-state index in [1.54, 1.807) is 0 Å². The normalized spacial score (nSPS) is 17.2. The van der Waals surface area contributed by atoms with Crippen LogP contribution in [0.2, 0.25) is 0 Å². The molecule has 1 atom stereocenters. The van der Waals surface area contributed by atoms with E-state index in [2.05, 4.69) is 95.5 Å². The number of aromatic nitrogens is 1. The van der Waals surface area contributed by atoms with E-state index in [-0.39, 0.29) is 12.1 Å². The number of benzene rings is 3. The summed E-state index contributed by atoms with van der Waals surface area (Å²) in [5.74, 6) is 0.771. The lowest BCUT2D eigenvalue weighted by atomic mass is 9.79. The monoisotopic (exact) mass is 481 g/mol. The Labute approximate surface area is 214 Å². The molecule has 5 nitrogen and oxygen atoms in total. The first-order valence-electron chi connectivity index (χ1n) is 12.7. The average Bonchev–Trinajstić information content (AvgIpc) is 2.89. The number of pyridine rings is 1. The van der Waals surface area contributed by atoms with Gasteiger partial charge in [-0.3, -0.25) is 9.88 Å². The average molecular weight is 482 g/mol. The minimum absolute atomic E-state index is 0.221. The number of hydrogen-bond acceptors (Lipinski definition) is 5. The molecule has 1 aliphatic rings. The molecule has 0 bridgehead atoms. The third-order valence-corrected chi connectivity index (χ3v) is 7.28. The second kappa shape index (κ2) is 10.4. The zero-order chi connectivity index (χ0) is 25.1. The SMILES string of the molecule is Cc1cc(C)c2c(OCC(O)CN3CCN(C)CC3(c3ccccc3)c3ccccc3)cccc2n1. The van der Waals surface area contributed by atoms with Gasteiger partial charge in [-0.1, -0.05) is 66.7 Å². The van der Waals surface area contributed by atoms with E-state index >= 15 is 0 Å². The fraction of sp³-hybridized carbons (Fsp3) is 0.323. The molecule has 1 N–H and O–H groups in total. The van der Waals surface area contributed by atoms with Crippen molar-refractivity contribution in [2.24, 2.45) is 0 Å². The highest BCUT2D eigenvalue weighted by molar-refractivity contribution is 5.88. The molecule has 1 aliphatic heterocycles. The summed E-state index contributed by atoms with van der Waals surface area (Å²) in [4.78, 5) is 9.47. The maximum atomic E-state index is 11.2. The fourth-order valence-electron chi connectivity index (χ4n) is 5.67. The van der Waals surface area contributed by atoms with Crippen molar-refractivity contribution in [2.75, 3.05) is 39.8 Å². The molecule has 1 aromatic heterocycles. The lowest BCUT2D eigenvalue weighted by molar-refractivity contribution is -0.0137. The van der Waals surface area contributed by atoms with Gasteiger partial charge >= 0.3 is 0 Å². The van der Waals surface area contributed by atoms with Crippen molar-refractivity contribution in [3.8, 4) is 5.75 Å². The Bertz CT molecular complexity index is 1270. The molecule has 0 amide bonds. The van der Waals surface area contributed by atoms with Crippen LogP contribution >= 0.6 is 0 Å². The highest BCUT2D eigenvalue weighted by atomic mass is 16.5. The molecule has 0 aliphatic carbocycles. The minimum Gasteiger partial charge on any atom is -0.490 e. The van der Waals surface area contributed by atoms with Crippen LogP contribution in [-0.4, -0.2) is 65.8 Å². The van der Waals surface area contributed by atoms with Crippen LogP contribution in [0.3, 0.4) is 0 Å². The second-order valence-corrected chi connectivity index (χ2v) is 9.97. The van der Waals surface area contributed by atoms with Crippen LogP contribution in [0.4, 0.5) is 0 Å². The van der Waals surface area contributed by atoms with E-state index < -0.39 is 6.10 Å². The van der Waals surface area contributed by atoms with Gasteiger partial charge in [0.25, 0.3) is 0 Å². The summed E-state index contributed by atoms with van der Waals surface area (Å²) in [6, 6.07) is 29.4. The molecule has 2 heterocycles. The van der Waals surface area contributed by atoms with Crippen LogP contribution in [0.25, 0.3) is 10.9 Å². The van der Waals surface area contributed by atoms with Crippen molar-refractivity contribution in [3.05, 3.63) is 107 Å². The van der Waals surface area contributed by atoms with Crippen molar-refractivity contribution < 1.29 is 9.84 Å². The largest absolute Gasteiger partial charge is 0.490 e. The number of nitrogens with zero attached hydrogens (tertiary/aromatic N) is 3. The number of β-amino-alcohol motifs (C(OH)–C–C–N with tert-alkyl or cyclic N) is 1. The summed E-state index contributed by atoms with van der Waals surface area (Å²) in [6.45, 7) is 7.47. The van der Waals surface area contributed by atoms with Crippen LogP contribution in [0, 0.1) is 13.8 Å². The van der Waals surface area contributed by atoms with E-state index in [0.29, 0.717) is 6.54 Å². The predicted octanol–water partition coefficient (Wildman–Crippen LogP) is 4.78. The van der Waals surface area contributed by atoms with E-state index in [4.69, 9.17) is 4.74 Å². The Balaban J connectivity index is 1.42.